The van der Waals surface area contributed by atoms with Gasteiger partial charge in [-0.2, -0.15) is 0 Å². The first-order valence-corrected chi connectivity index (χ1v) is 12.2. The van der Waals surface area contributed by atoms with Gasteiger partial charge in [-0.05, 0) is 35.9 Å². The molecule has 33 heavy (non-hydrogen) atoms. The van der Waals surface area contributed by atoms with Crippen LogP contribution in [0.25, 0.3) is 22.0 Å². The molecule has 4 aromatic rings. The summed E-state index contributed by atoms with van der Waals surface area (Å²) in [6.45, 7) is 2.81. The zero-order valence-electron chi connectivity index (χ0n) is 17.5. The van der Waals surface area contributed by atoms with E-state index >= 15 is 0 Å². The van der Waals surface area contributed by atoms with E-state index in [1.807, 2.05) is 18.2 Å². The molecule has 3 heterocycles. The van der Waals surface area contributed by atoms with Crippen LogP contribution >= 0.6 is 11.6 Å². The van der Waals surface area contributed by atoms with Crippen LogP contribution in [0.2, 0.25) is 5.15 Å². The maximum Gasteiger partial charge on any atom is 0.261 e. The molecule has 1 aliphatic rings. The molecule has 1 N–H and O–H groups in total. The van der Waals surface area contributed by atoms with Crippen molar-refractivity contribution in [1.29, 1.82) is 0 Å². The Bertz CT molecular complexity index is 1410. The summed E-state index contributed by atoms with van der Waals surface area (Å²) in [5, 5.41) is 0.967. The van der Waals surface area contributed by atoms with Crippen LogP contribution in [0.4, 0.5) is 11.5 Å². The molecule has 0 atom stereocenters. The van der Waals surface area contributed by atoms with Gasteiger partial charge < -0.3 is 9.64 Å². The molecule has 1 fully saturated rings. The first kappa shape index (κ1) is 21.6. The number of aromatic nitrogens is 3. The number of nitrogens with one attached hydrogen (secondary N) is 1. The van der Waals surface area contributed by atoms with Crippen LogP contribution in [0, 0.1) is 0 Å². The summed E-state index contributed by atoms with van der Waals surface area (Å²) < 4.78 is 33.5. The number of benzene rings is 2. The molecule has 2 aromatic heterocycles. The number of morpholine rings is 1. The minimum atomic E-state index is -3.80. The molecule has 5 rings (SSSR count). The number of sulfonamides is 1. The number of rotatable bonds is 5. The van der Waals surface area contributed by atoms with Crippen molar-refractivity contribution < 1.29 is 13.2 Å². The molecule has 0 saturated carbocycles. The van der Waals surface area contributed by atoms with Crippen molar-refractivity contribution in [3.63, 3.8) is 0 Å². The Morgan fingerprint density at radius 3 is 2.52 bits per heavy atom. The molecule has 0 bridgehead atoms. The molecule has 1 saturated heterocycles. The zero-order chi connectivity index (χ0) is 22.8. The van der Waals surface area contributed by atoms with E-state index in [2.05, 4.69) is 24.6 Å². The molecule has 168 valence electrons. The van der Waals surface area contributed by atoms with Gasteiger partial charge in [-0.1, -0.05) is 35.9 Å². The Balaban J connectivity index is 1.52. The Labute approximate surface area is 196 Å². The van der Waals surface area contributed by atoms with Gasteiger partial charge in [0.1, 0.15) is 12.1 Å². The monoisotopic (exact) mass is 481 g/mol. The van der Waals surface area contributed by atoms with Gasteiger partial charge in [-0.3, -0.25) is 4.72 Å². The molecule has 0 aliphatic carbocycles. The van der Waals surface area contributed by atoms with Crippen molar-refractivity contribution in [2.75, 3.05) is 35.9 Å². The molecular formula is C23H20ClN5O3S. The number of halogens is 1. The SMILES string of the molecule is O=S(=O)(Nc1cc(-c2ccc3ncnc(N4CCOCC4)c3c2)cnc1Cl)c1ccccc1. The van der Waals surface area contributed by atoms with E-state index in [0.717, 1.165) is 35.4 Å². The van der Waals surface area contributed by atoms with Crippen LogP contribution in [0.3, 0.4) is 0 Å². The van der Waals surface area contributed by atoms with E-state index in [-0.39, 0.29) is 15.7 Å². The summed E-state index contributed by atoms with van der Waals surface area (Å²) in [5.74, 6) is 0.845. The Hall–Kier alpha value is -3.27. The van der Waals surface area contributed by atoms with Gasteiger partial charge in [0.15, 0.2) is 5.15 Å². The smallest absolute Gasteiger partial charge is 0.261 e. The molecule has 0 amide bonds. The molecule has 1 aliphatic heterocycles. The number of hydrogen-bond donors (Lipinski definition) is 1. The van der Waals surface area contributed by atoms with Gasteiger partial charge in [0.05, 0.1) is 29.3 Å². The highest BCUT2D eigenvalue weighted by atomic mass is 35.5. The van der Waals surface area contributed by atoms with Crippen molar-refractivity contribution >= 4 is 44.0 Å². The summed E-state index contributed by atoms with van der Waals surface area (Å²) >= 11 is 6.22. The third kappa shape index (κ3) is 4.47. The Morgan fingerprint density at radius 1 is 0.939 bits per heavy atom. The Kier molecular flexibility index (Phi) is 5.84. The molecule has 0 unspecified atom stereocenters. The van der Waals surface area contributed by atoms with Crippen LogP contribution in [-0.4, -0.2) is 49.7 Å². The second-order valence-corrected chi connectivity index (χ2v) is 9.55. The normalized spacial score (nSPS) is 14.4. The number of hydrogen-bond acceptors (Lipinski definition) is 7. The van der Waals surface area contributed by atoms with Gasteiger partial charge in [-0.15, -0.1) is 0 Å². The Morgan fingerprint density at radius 2 is 1.73 bits per heavy atom. The van der Waals surface area contributed by atoms with E-state index in [0.29, 0.717) is 18.8 Å². The average molecular weight is 482 g/mol. The van der Waals surface area contributed by atoms with Crippen LogP contribution < -0.4 is 9.62 Å². The molecule has 10 heteroatoms. The van der Waals surface area contributed by atoms with Gasteiger partial charge in [0.2, 0.25) is 0 Å². The average Bonchev–Trinajstić information content (AvgIpc) is 2.85. The summed E-state index contributed by atoms with van der Waals surface area (Å²) in [6.07, 6.45) is 3.18. The number of anilines is 2. The first-order valence-electron chi connectivity index (χ1n) is 10.3. The fourth-order valence-corrected chi connectivity index (χ4v) is 5.02. The molecule has 0 spiro atoms. The molecule has 0 radical (unpaired) electrons. The summed E-state index contributed by atoms with van der Waals surface area (Å²) in [4.78, 5) is 15.4. The van der Waals surface area contributed by atoms with Crippen LogP contribution in [0.1, 0.15) is 0 Å². The van der Waals surface area contributed by atoms with E-state index in [9.17, 15) is 8.42 Å². The maximum absolute atomic E-state index is 12.8. The highest BCUT2D eigenvalue weighted by Gasteiger charge is 2.18. The predicted molar refractivity (Wildman–Crippen MR) is 128 cm³/mol. The highest BCUT2D eigenvalue weighted by Crippen LogP contribution is 2.32. The molecule has 8 nitrogen and oxygen atoms in total. The van der Waals surface area contributed by atoms with Crippen molar-refractivity contribution in [2.24, 2.45) is 0 Å². The van der Waals surface area contributed by atoms with Crippen molar-refractivity contribution in [3.05, 3.63) is 72.3 Å². The second kappa shape index (κ2) is 8.93. The first-order chi connectivity index (χ1) is 16.0. The predicted octanol–water partition coefficient (Wildman–Crippen LogP) is 3.98. The number of fused-ring (bicyclic) bond motifs is 1. The van der Waals surface area contributed by atoms with E-state index < -0.39 is 10.0 Å². The van der Waals surface area contributed by atoms with E-state index in [4.69, 9.17) is 16.3 Å². The number of ether oxygens (including phenoxy) is 1. The van der Waals surface area contributed by atoms with E-state index in [1.165, 1.54) is 12.1 Å². The largest absolute Gasteiger partial charge is 0.378 e. The lowest BCUT2D eigenvalue weighted by molar-refractivity contribution is 0.122. The van der Waals surface area contributed by atoms with Gasteiger partial charge in [-0.25, -0.2) is 23.4 Å². The van der Waals surface area contributed by atoms with Crippen LogP contribution in [0.5, 0.6) is 0 Å². The second-order valence-electron chi connectivity index (χ2n) is 7.51. The fraction of sp³-hybridized carbons (Fsp3) is 0.174. The lowest BCUT2D eigenvalue weighted by atomic mass is 10.0. The van der Waals surface area contributed by atoms with Gasteiger partial charge in [0, 0.05) is 30.2 Å². The van der Waals surface area contributed by atoms with E-state index in [1.54, 1.807) is 36.8 Å². The lowest BCUT2D eigenvalue weighted by Crippen LogP contribution is -2.36. The van der Waals surface area contributed by atoms with Gasteiger partial charge in [0.25, 0.3) is 10.0 Å². The van der Waals surface area contributed by atoms with Crippen LogP contribution in [-0.2, 0) is 14.8 Å². The highest BCUT2D eigenvalue weighted by molar-refractivity contribution is 7.92. The summed E-state index contributed by atoms with van der Waals surface area (Å²) in [7, 11) is -3.80. The third-order valence-electron chi connectivity index (χ3n) is 5.40. The van der Waals surface area contributed by atoms with Crippen molar-refractivity contribution in [1.82, 2.24) is 15.0 Å². The molecular weight excluding hydrogens is 462 g/mol. The molecule has 2 aromatic carbocycles. The van der Waals surface area contributed by atoms with Crippen molar-refractivity contribution in [3.8, 4) is 11.1 Å². The third-order valence-corrected chi connectivity index (χ3v) is 7.08. The topological polar surface area (TPSA) is 97.3 Å². The number of nitrogens with zero attached hydrogens (tertiary/aromatic N) is 4. The number of pyridine rings is 1. The summed E-state index contributed by atoms with van der Waals surface area (Å²) in [5.41, 5.74) is 2.58. The van der Waals surface area contributed by atoms with Crippen LogP contribution in [0.15, 0.2) is 72.0 Å². The minimum absolute atomic E-state index is 0.0661. The zero-order valence-corrected chi connectivity index (χ0v) is 19.1. The standard InChI is InChI=1S/C23H20ClN5O3S/c24-22-21(28-33(30,31)18-4-2-1-3-5-18)13-17(14-25-22)16-6-7-20-19(12-16)23(27-15-26-20)29-8-10-32-11-9-29/h1-7,12-15,28H,8-11H2. The van der Waals surface area contributed by atoms with Crippen molar-refractivity contribution in [2.45, 2.75) is 4.90 Å². The lowest BCUT2D eigenvalue weighted by Gasteiger charge is -2.28. The fourth-order valence-electron chi connectivity index (χ4n) is 3.73. The maximum atomic E-state index is 12.8. The van der Waals surface area contributed by atoms with Gasteiger partial charge >= 0.3 is 0 Å². The minimum Gasteiger partial charge on any atom is -0.378 e. The summed E-state index contributed by atoms with van der Waals surface area (Å²) in [6, 6.07) is 15.6. The quantitative estimate of drug-likeness (QED) is 0.430.